The fourth-order valence-corrected chi connectivity index (χ4v) is 5.94. The SMILES string of the molecule is CN(CC(=O)N1CCCC1)C(=O)C1CCN(S(=O)(=O)c2ccc3c(c2)OCCCO3)CC1. The van der Waals surface area contributed by atoms with Gasteiger partial charge in [-0.25, -0.2) is 8.42 Å². The Bertz CT molecular complexity index is 952. The van der Waals surface area contributed by atoms with E-state index in [2.05, 4.69) is 0 Å². The van der Waals surface area contributed by atoms with Crippen molar-refractivity contribution in [2.24, 2.45) is 5.92 Å². The van der Waals surface area contributed by atoms with Gasteiger partial charge in [0.05, 0.1) is 24.7 Å². The van der Waals surface area contributed by atoms with Crippen molar-refractivity contribution in [1.82, 2.24) is 14.1 Å². The number of ether oxygens (including phenoxy) is 2. The minimum Gasteiger partial charge on any atom is -0.490 e. The van der Waals surface area contributed by atoms with Gasteiger partial charge >= 0.3 is 0 Å². The highest BCUT2D eigenvalue weighted by atomic mass is 32.2. The molecule has 0 unspecified atom stereocenters. The van der Waals surface area contributed by atoms with Crippen molar-refractivity contribution in [3.05, 3.63) is 18.2 Å². The fraction of sp³-hybridized carbons (Fsp3) is 0.636. The summed E-state index contributed by atoms with van der Waals surface area (Å²) in [6.07, 6.45) is 3.64. The third-order valence-electron chi connectivity index (χ3n) is 6.37. The van der Waals surface area contributed by atoms with Crippen LogP contribution in [0.2, 0.25) is 0 Å². The van der Waals surface area contributed by atoms with Crippen LogP contribution in [0.4, 0.5) is 0 Å². The number of fused-ring (bicyclic) bond motifs is 1. The maximum Gasteiger partial charge on any atom is 0.243 e. The van der Waals surface area contributed by atoms with Crippen LogP contribution in [0.25, 0.3) is 0 Å². The molecular weight excluding hydrogens is 434 g/mol. The smallest absolute Gasteiger partial charge is 0.243 e. The molecule has 0 spiro atoms. The van der Waals surface area contributed by atoms with E-state index in [1.165, 1.54) is 21.3 Å². The first-order chi connectivity index (χ1) is 15.4. The van der Waals surface area contributed by atoms with Gasteiger partial charge in [0, 0.05) is 51.6 Å². The van der Waals surface area contributed by atoms with Gasteiger partial charge in [-0.2, -0.15) is 4.31 Å². The molecule has 1 aromatic carbocycles. The molecule has 0 saturated carbocycles. The molecule has 0 aromatic heterocycles. The summed E-state index contributed by atoms with van der Waals surface area (Å²) in [6.45, 7) is 3.15. The number of rotatable bonds is 5. The van der Waals surface area contributed by atoms with E-state index in [1.54, 1.807) is 18.0 Å². The normalized spacial score (nSPS) is 20.1. The number of likely N-dealkylation sites (N-methyl/N-ethyl adjacent to an activating group) is 1. The predicted molar refractivity (Wildman–Crippen MR) is 117 cm³/mol. The van der Waals surface area contributed by atoms with Gasteiger partial charge in [0.2, 0.25) is 21.8 Å². The first-order valence-corrected chi connectivity index (χ1v) is 12.7. The first-order valence-electron chi connectivity index (χ1n) is 11.3. The van der Waals surface area contributed by atoms with Crippen LogP contribution in [-0.4, -0.2) is 87.3 Å². The Kier molecular flexibility index (Phi) is 6.90. The van der Waals surface area contributed by atoms with Crippen molar-refractivity contribution in [2.75, 3.05) is 53.0 Å². The van der Waals surface area contributed by atoms with Crippen molar-refractivity contribution in [3.8, 4) is 11.5 Å². The molecule has 4 rings (SSSR count). The van der Waals surface area contributed by atoms with Crippen molar-refractivity contribution < 1.29 is 27.5 Å². The molecule has 0 bridgehead atoms. The number of carbonyl (C=O) groups is 2. The minimum absolute atomic E-state index is 0.0206. The number of hydrogen-bond donors (Lipinski definition) is 0. The Morgan fingerprint density at radius 3 is 2.34 bits per heavy atom. The van der Waals surface area contributed by atoms with Crippen LogP contribution in [0.3, 0.4) is 0 Å². The van der Waals surface area contributed by atoms with Crippen molar-refractivity contribution in [3.63, 3.8) is 0 Å². The molecule has 1 aromatic rings. The molecular formula is C22H31N3O6S. The van der Waals surface area contributed by atoms with Gasteiger partial charge in [0.1, 0.15) is 0 Å². The topological polar surface area (TPSA) is 96.5 Å². The lowest BCUT2D eigenvalue weighted by Crippen LogP contribution is -2.46. The molecule has 176 valence electrons. The maximum atomic E-state index is 13.1. The Labute approximate surface area is 189 Å². The maximum absolute atomic E-state index is 13.1. The van der Waals surface area contributed by atoms with Gasteiger partial charge < -0.3 is 19.3 Å². The molecule has 10 heteroatoms. The lowest BCUT2D eigenvalue weighted by atomic mass is 9.96. The molecule has 0 aliphatic carbocycles. The minimum atomic E-state index is -3.69. The number of piperidine rings is 1. The van der Waals surface area contributed by atoms with Crippen LogP contribution >= 0.6 is 0 Å². The Hall–Kier alpha value is -2.33. The van der Waals surface area contributed by atoms with Crippen LogP contribution < -0.4 is 9.47 Å². The highest BCUT2D eigenvalue weighted by Gasteiger charge is 2.34. The lowest BCUT2D eigenvalue weighted by Gasteiger charge is -2.32. The molecule has 32 heavy (non-hydrogen) atoms. The number of nitrogens with zero attached hydrogens (tertiary/aromatic N) is 3. The third-order valence-corrected chi connectivity index (χ3v) is 8.26. The van der Waals surface area contributed by atoms with Gasteiger partial charge in [0.15, 0.2) is 11.5 Å². The molecule has 3 aliphatic heterocycles. The van der Waals surface area contributed by atoms with E-state index >= 15 is 0 Å². The van der Waals surface area contributed by atoms with Gasteiger partial charge in [-0.3, -0.25) is 9.59 Å². The first kappa shape index (κ1) is 22.8. The monoisotopic (exact) mass is 465 g/mol. The zero-order valence-corrected chi connectivity index (χ0v) is 19.3. The average molecular weight is 466 g/mol. The Balaban J connectivity index is 1.35. The lowest BCUT2D eigenvalue weighted by molar-refractivity contribution is -0.142. The highest BCUT2D eigenvalue weighted by molar-refractivity contribution is 7.89. The molecule has 3 heterocycles. The molecule has 9 nitrogen and oxygen atoms in total. The number of benzene rings is 1. The number of carbonyl (C=O) groups excluding carboxylic acids is 2. The fourth-order valence-electron chi connectivity index (χ4n) is 4.46. The van der Waals surface area contributed by atoms with Crippen LogP contribution in [0.1, 0.15) is 32.1 Å². The summed E-state index contributed by atoms with van der Waals surface area (Å²) in [4.78, 5) is 28.6. The van der Waals surface area contributed by atoms with E-state index in [-0.39, 0.29) is 42.3 Å². The average Bonchev–Trinajstić information content (AvgIpc) is 3.24. The van der Waals surface area contributed by atoms with E-state index in [1.807, 2.05) is 0 Å². The Morgan fingerprint density at radius 2 is 1.66 bits per heavy atom. The van der Waals surface area contributed by atoms with Crippen LogP contribution in [0, 0.1) is 5.92 Å². The molecule has 3 aliphatic rings. The highest BCUT2D eigenvalue weighted by Crippen LogP contribution is 2.34. The standard InChI is InChI=1S/C22H31N3O6S/c1-23(16-21(26)24-9-2-3-10-24)22(27)17-7-11-25(12-8-17)32(28,29)18-5-6-19-20(15-18)31-14-4-13-30-19/h5-6,15,17H,2-4,7-14,16H2,1H3. The van der Waals surface area contributed by atoms with Gasteiger partial charge in [0.25, 0.3) is 0 Å². The molecule has 0 radical (unpaired) electrons. The second kappa shape index (κ2) is 9.66. The summed E-state index contributed by atoms with van der Waals surface area (Å²) in [5.41, 5.74) is 0. The summed E-state index contributed by atoms with van der Waals surface area (Å²) in [5, 5.41) is 0. The van der Waals surface area contributed by atoms with E-state index < -0.39 is 10.0 Å². The molecule has 2 saturated heterocycles. The Morgan fingerprint density at radius 1 is 1.00 bits per heavy atom. The molecule has 0 N–H and O–H groups in total. The molecule has 2 amide bonds. The van der Waals surface area contributed by atoms with E-state index in [9.17, 15) is 18.0 Å². The van der Waals surface area contributed by atoms with E-state index in [0.29, 0.717) is 37.6 Å². The van der Waals surface area contributed by atoms with Crippen LogP contribution in [0.15, 0.2) is 23.1 Å². The summed E-state index contributed by atoms with van der Waals surface area (Å²) >= 11 is 0. The summed E-state index contributed by atoms with van der Waals surface area (Å²) in [6, 6.07) is 4.69. The summed E-state index contributed by atoms with van der Waals surface area (Å²) in [5.74, 6) is 0.606. The van der Waals surface area contributed by atoms with Crippen LogP contribution in [-0.2, 0) is 19.6 Å². The number of sulfonamides is 1. The van der Waals surface area contributed by atoms with E-state index in [0.717, 1.165) is 32.4 Å². The summed E-state index contributed by atoms with van der Waals surface area (Å²) < 4.78 is 38.9. The van der Waals surface area contributed by atoms with Crippen molar-refractivity contribution in [1.29, 1.82) is 0 Å². The zero-order chi connectivity index (χ0) is 22.7. The number of likely N-dealkylation sites (tertiary alicyclic amines) is 1. The number of hydrogen-bond acceptors (Lipinski definition) is 6. The van der Waals surface area contributed by atoms with Gasteiger partial charge in [-0.05, 0) is 37.8 Å². The largest absolute Gasteiger partial charge is 0.490 e. The van der Waals surface area contributed by atoms with Crippen molar-refractivity contribution >= 4 is 21.8 Å². The summed E-state index contributed by atoms with van der Waals surface area (Å²) in [7, 11) is -2.04. The quantitative estimate of drug-likeness (QED) is 0.651. The van der Waals surface area contributed by atoms with Crippen molar-refractivity contribution in [2.45, 2.75) is 37.0 Å². The predicted octanol–water partition coefficient (Wildman–Crippen LogP) is 1.33. The molecule has 2 fully saturated rings. The zero-order valence-electron chi connectivity index (χ0n) is 18.5. The van der Waals surface area contributed by atoms with Gasteiger partial charge in [-0.15, -0.1) is 0 Å². The van der Waals surface area contributed by atoms with E-state index in [4.69, 9.17) is 9.47 Å². The van der Waals surface area contributed by atoms with Crippen LogP contribution in [0.5, 0.6) is 11.5 Å². The second-order valence-corrected chi connectivity index (χ2v) is 10.6. The number of amides is 2. The van der Waals surface area contributed by atoms with Gasteiger partial charge in [-0.1, -0.05) is 0 Å². The third kappa shape index (κ3) is 4.85. The second-order valence-electron chi connectivity index (χ2n) is 8.62. The molecule has 0 atom stereocenters.